The van der Waals surface area contributed by atoms with Crippen molar-refractivity contribution in [2.75, 3.05) is 0 Å². The van der Waals surface area contributed by atoms with Gasteiger partial charge in [0.25, 0.3) is 0 Å². The number of nitrogens with one attached hydrogen (secondary N) is 1. The topological polar surface area (TPSA) is 53.1 Å². The van der Waals surface area contributed by atoms with E-state index in [2.05, 4.69) is 4.98 Å². The van der Waals surface area contributed by atoms with Gasteiger partial charge in [-0.05, 0) is 24.5 Å². The number of allylic oxidation sites excluding steroid dienone is 1. The van der Waals surface area contributed by atoms with Crippen LogP contribution in [-0.4, -0.2) is 10.1 Å². The molecule has 0 atom stereocenters. The number of pyridine rings is 1. The molecule has 0 bridgehead atoms. The molecule has 0 unspecified atom stereocenters. The van der Waals surface area contributed by atoms with Crippen LogP contribution in [0, 0.1) is 0 Å². The van der Waals surface area contributed by atoms with Gasteiger partial charge in [0.15, 0.2) is 0 Å². The highest BCUT2D eigenvalue weighted by Crippen LogP contribution is 2.20. The maximum Gasteiger partial charge on any atom is 0.248 e. The van der Waals surface area contributed by atoms with E-state index < -0.39 is 0 Å². The molecule has 1 aromatic heterocycles. The third-order valence-corrected chi connectivity index (χ3v) is 2.01. The lowest BCUT2D eigenvalue weighted by molar-refractivity contribution is 0.501. The fourth-order valence-electron chi connectivity index (χ4n) is 1.41. The first-order valence-electron chi connectivity index (χ1n) is 4.89. The van der Waals surface area contributed by atoms with E-state index in [9.17, 15) is 9.90 Å². The van der Waals surface area contributed by atoms with Crippen molar-refractivity contribution in [3.63, 3.8) is 0 Å². The minimum atomic E-state index is -0.171. The Labute approximate surface area is 83.1 Å². The quantitative estimate of drug-likeness (QED) is 0.664. The summed E-state index contributed by atoms with van der Waals surface area (Å²) in [5, 5.41) is 9.38. The maximum absolute atomic E-state index is 10.9. The van der Waals surface area contributed by atoms with Crippen molar-refractivity contribution in [2.24, 2.45) is 0 Å². The van der Waals surface area contributed by atoms with Crippen molar-refractivity contribution in [3.8, 4) is 0 Å². The number of H-pyrrole nitrogens is 1. The minimum absolute atomic E-state index is 0.171. The molecule has 0 aliphatic heterocycles. The van der Waals surface area contributed by atoms with Gasteiger partial charge < -0.3 is 10.1 Å². The number of fused-ring (bicyclic) bond motifs is 1. The molecule has 3 heteroatoms. The van der Waals surface area contributed by atoms with Gasteiger partial charge in [-0.25, -0.2) is 0 Å². The molecule has 76 valence electrons. The molecule has 1 aromatic rings. The number of aliphatic hydroxyl groups is 1. The molecule has 0 amide bonds. The molecule has 3 nitrogen and oxygen atoms in total. The fourth-order valence-corrected chi connectivity index (χ4v) is 1.41. The van der Waals surface area contributed by atoms with Crippen LogP contribution in [0.2, 0.25) is 0 Å². The molecule has 0 saturated carbocycles. The van der Waals surface area contributed by atoms with Gasteiger partial charge in [0.05, 0.1) is 5.69 Å². The van der Waals surface area contributed by atoms with Gasteiger partial charge in [-0.2, -0.15) is 0 Å². The van der Waals surface area contributed by atoms with E-state index in [-0.39, 0.29) is 11.3 Å². The molecular weight excluding hydrogens is 178 g/mol. The first kappa shape index (κ1) is 10.6. The summed E-state index contributed by atoms with van der Waals surface area (Å²) in [6.45, 7) is 4.00. The highest BCUT2D eigenvalue weighted by molar-refractivity contribution is 5.59. The zero-order valence-electron chi connectivity index (χ0n) is 8.50. The van der Waals surface area contributed by atoms with Crippen LogP contribution in [-0.2, 0) is 6.42 Å². The Balaban J connectivity index is 0.000000461. The molecular formula is C11H15NO2. The van der Waals surface area contributed by atoms with Crippen LogP contribution in [0.1, 0.15) is 31.5 Å². The van der Waals surface area contributed by atoms with Crippen molar-refractivity contribution in [2.45, 2.75) is 26.7 Å². The summed E-state index contributed by atoms with van der Waals surface area (Å²) in [4.78, 5) is 13.5. The minimum Gasteiger partial charge on any atom is -0.506 e. The third kappa shape index (κ3) is 2.05. The Morgan fingerprint density at radius 2 is 2.07 bits per heavy atom. The molecule has 1 aliphatic carbocycles. The van der Waals surface area contributed by atoms with Crippen molar-refractivity contribution in [1.82, 2.24) is 4.98 Å². The Kier molecular flexibility index (Phi) is 3.51. The third-order valence-electron chi connectivity index (χ3n) is 2.01. The van der Waals surface area contributed by atoms with Gasteiger partial charge >= 0.3 is 0 Å². The fraction of sp³-hybridized carbons (Fsp3) is 0.364. The first-order valence-corrected chi connectivity index (χ1v) is 4.89. The van der Waals surface area contributed by atoms with Crippen LogP contribution in [0.5, 0.6) is 0 Å². The van der Waals surface area contributed by atoms with E-state index >= 15 is 0 Å². The second-order valence-electron chi connectivity index (χ2n) is 2.85. The zero-order valence-corrected chi connectivity index (χ0v) is 8.50. The highest BCUT2D eigenvalue weighted by atomic mass is 16.3. The molecule has 0 fully saturated rings. The summed E-state index contributed by atoms with van der Waals surface area (Å²) in [6, 6.07) is 3.24. The highest BCUT2D eigenvalue weighted by Gasteiger charge is 2.11. The van der Waals surface area contributed by atoms with E-state index in [0.717, 1.165) is 18.4 Å². The second-order valence-corrected chi connectivity index (χ2v) is 2.85. The summed E-state index contributed by atoms with van der Waals surface area (Å²) < 4.78 is 0. The Morgan fingerprint density at radius 3 is 2.79 bits per heavy atom. The Morgan fingerprint density at radius 1 is 1.36 bits per heavy atom. The van der Waals surface area contributed by atoms with Crippen molar-refractivity contribution in [3.05, 3.63) is 39.8 Å². The van der Waals surface area contributed by atoms with E-state index in [1.807, 2.05) is 13.8 Å². The maximum atomic E-state index is 10.9. The van der Waals surface area contributed by atoms with Crippen LogP contribution < -0.4 is 5.56 Å². The number of hydrogen-bond donors (Lipinski definition) is 2. The predicted octanol–water partition coefficient (Wildman–Crippen LogP) is 2.25. The molecule has 0 radical (unpaired) electrons. The summed E-state index contributed by atoms with van der Waals surface area (Å²) in [5.41, 5.74) is 1.42. The van der Waals surface area contributed by atoms with Crippen molar-refractivity contribution in [1.29, 1.82) is 0 Å². The largest absolute Gasteiger partial charge is 0.506 e. The number of rotatable bonds is 0. The Bertz CT molecular complexity index is 391. The molecule has 1 aliphatic rings. The zero-order chi connectivity index (χ0) is 10.6. The van der Waals surface area contributed by atoms with E-state index in [4.69, 9.17) is 0 Å². The number of aliphatic hydroxyl groups excluding tert-OH is 1. The van der Waals surface area contributed by atoms with Gasteiger partial charge in [-0.15, -0.1) is 0 Å². The van der Waals surface area contributed by atoms with Crippen LogP contribution in [0.25, 0.3) is 5.76 Å². The number of aromatic amines is 1. The predicted molar refractivity (Wildman–Crippen MR) is 57.3 cm³/mol. The molecule has 1 heterocycles. The number of aromatic nitrogens is 1. The van der Waals surface area contributed by atoms with Gasteiger partial charge in [0, 0.05) is 6.07 Å². The van der Waals surface area contributed by atoms with Crippen LogP contribution in [0.3, 0.4) is 0 Å². The van der Waals surface area contributed by atoms with E-state index in [0.29, 0.717) is 5.69 Å². The van der Waals surface area contributed by atoms with Crippen molar-refractivity contribution >= 4 is 5.76 Å². The molecule has 2 N–H and O–H groups in total. The van der Waals surface area contributed by atoms with Crippen molar-refractivity contribution < 1.29 is 5.11 Å². The lowest BCUT2D eigenvalue weighted by Crippen LogP contribution is -2.11. The summed E-state index contributed by atoms with van der Waals surface area (Å²) in [5.74, 6) is 0.189. The van der Waals surface area contributed by atoms with Gasteiger partial charge in [0.2, 0.25) is 5.56 Å². The van der Waals surface area contributed by atoms with Gasteiger partial charge in [0.1, 0.15) is 5.76 Å². The number of aryl methyl sites for hydroxylation is 1. The monoisotopic (exact) mass is 193 g/mol. The van der Waals surface area contributed by atoms with E-state index in [1.54, 1.807) is 12.1 Å². The summed E-state index contributed by atoms with van der Waals surface area (Å²) >= 11 is 0. The molecule has 0 saturated heterocycles. The standard InChI is InChI=1S/C9H9NO2.C2H6/c11-7-3-1-2-6-4-5-8(12)10-9(6)7;1-2/h3-5,11H,1-2H2,(H,10,12);1-2H3. The van der Waals surface area contributed by atoms with Crippen LogP contribution in [0.15, 0.2) is 23.0 Å². The normalized spacial score (nSPS) is 13.4. The molecule has 0 spiro atoms. The first-order chi connectivity index (χ1) is 6.77. The lowest BCUT2D eigenvalue weighted by atomic mass is 10.0. The van der Waals surface area contributed by atoms with Gasteiger partial charge in [-0.1, -0.05) is 19.9 Å². The molecule has 2 rings (SSSR count). The van der Waals surface area contributed by atoms with Crippen LogP contribution >= 0.6 is 0 Å². The average Bonchev–Trinajstić information content (AvgIpc) is 2.22. The molecule has 14 heavy (non-hydrogen) atoms. The second kappa shape index (κ2) is 4.65. The lowest BCUT2D eigenvalue weighted by Gasteiger charge is -2.11. The van der Waals surface area contributed by atoms with Gasteiger partial charge in [-0.3, -0.25) is 4.79 Å². The SMILES string of the molecule is CC.O=c1ccc2c([nH]1)C(O)=CCC2. The summed E-state index contributed by atoms with van der Waals surface area (Å²) in [6.07, 6.45) is 3.44. The molecule has 0 aromatic carbocycles. The smallest absolute Gasteiger partial charge is 0.248 e. The average molecular weight is 193 g/mol. The summed E-state index contributed by atoms with van der Waals surface area (Å²) in [7, 11) is 0. The Hall–Kier alpha value is -1.51. The van der Waals surface area contributed by atoms with E-state index in [1.165, 1.54) is 6.07 Å². The van der Waals surface area contributed by atoms with Crippen LogP contribution in [0.4, 0.5) is 0 Å². The number of hydrogen-bond acceptors (Lipinski definition) is 2.